The van der Waals surface area contributed by atoms with Crippen LogP contribution in [0.15, 0.2) is 35.6 Å². The number of rotatable bonds is 8. The lowest BCUT2D eigenvalue weighted by molar-refractivity contribution is 0.306. The topological polar surface area (TPSA) is 67.1 Å². The summed E-state index contributed by atoms with van der Waals surface area (Å²) < 4.78 is 15.9. The predicted molar refractivity (Wildman–Crippen MR) is 114 cm³/mol. The first-order valence-corrected chi connectivity index (χ1v) is 10.8. The lowest BCUT2D eigenvalue weighted by Gasteiger charge is -2.31. The molecule has 1 aliphatic carbocycles. The van der Waals surface area contributed by atoms with Crippen LogP contribution >= 0.6 is 0 Å². The lowest BCUT2D eigenvalue weighted by atomic mass is 9.86. The van der Waals surface area contributed by atoms with Crippen LogP contribution in [0.5, 0.6) is 0 Å². The number of aromatic nitrogens is 3. The van der Waals surface area contributed by atoms with Crippen LogP contribution in [-0.2, 0) is 19.4 Å². The summed E-state index contributed by atoms with van der Waals surface area (Å²) in [5, 5.41) is 15.2. The Morgan fingerprint density at radius 3 is 2.90 bits per heavy atom. The van der Waals surface area contributed by atoms with Crippen molar-refractivity contribution in [2.24, 2.45) is 10.9 Å². The van der Waals surface area contributed by atoms with Crippen molar-refractivity contribution in [3.05, 3.63) is 47.8 Å². The molecule has 1 heterocycles. The summed E-state index contributed by atoms with van der Waals surface area (Å²) in [6.45, 7) is 6.44. The second-order valence-electron chi connectivity index (χ2n) is 7.81. The van der Waals surface area contributed by atoms with Crippen LogP contribution in [0.2, 0.25) is 0 Å². The van der Waals surface area contributed by atoms with Crippen molar-refractivity contribution in [1.82, 2.24) is 25.4 Å². The number of benzene rings is 1. The van der Waals surface area contributed by atoms with E-state index in [4.69, 9.17) is 4.99 Å². The highest BCUT2D eigenvalue weighted by Crippen LogP contribution is 2.23. The molecular formula is C22H33FN6. The molecule has 0 aliphatic heterocycles. The number of nitrogens with zero attached hydrogens (tertiary/aromatic N) is 4. The van der Waals surface area contributed by atoms with Crippen molar-refractivity contribution < 1.29 is 4.39 Å². The fourth-order valence-electron chi connectivity index (χ4n) is 3.88. The highest BCUT2D eigenvalue weighted by molar-refractivity contribution is 5.80. The molecule has 0 amide bonds. The molecule has 1 aliphatic rings. The van der Waals surface area contributed by atoms with E-state index in [0.29, 0.717) is 30.5 Å². The Morgan fingerprint density at radius 1 is 1.28 bits per heavy atom. The molecule has 2 aromatic rings. The molecule has 0 radical (unpaired) electrons. The average Bonchev–Trinajstić information content (AvgIpc) is 3.18. The average molecular weight is 401 g/mol. The van der Waals surface area contributed by atoms with Gasteiger partial charge in [0, 0.05) is 32.1 Å². The molecule has 0 saturated heterocycles. The molecule has 0 bridgehead atoms. The van der Waals surface area contributed by atoms with Crippen molar-refractivity contribution >= 4 is 5.96 Å². The first kappa shape index (κ1) is 21.3. The zero-order chi connectivity index (χ0) is 20.5. The van der Waals surface area contributed by atoms with Gasteiger partial charge in [0.1, 0.15) is 18.0 Å². The summed E-state index contributed by atoms with van der Waals surface area (Å²) in [5.74, 6) is 2.27. The third-order valence-electron chi connectivity index (χ3n) is 5.70. The first-order chi connectivity index (χ1) is 14.2. The van der Waals surface area contributed by atoms with Crippen LogP contribution in [0.4, 0.5) is 4.39 Å². The normalized spacial score (nSPS) is 19.9. The third kappa shape index (κ3) is 6.27. The van der Waals surface area contributed by atoms with Gasteiger partial charge in [0.05, 0.1) is 0 Å². The van der Waals surface area contributed by atoms with E-state index in [0.717, 1.165) is 31.3 Å². The maximum Gasteiger partial charge on any atom is 0.191 e. The van der Waals surface area contributed by atoms with Gasteiger partial charge in [-0.2, -0.15) is 0 Å². The summed E-state index contributed by atoms with van der Waals surface area (Å²) in [6.07, 6.45) is 8.20. The van der Waals surface area contributed by atoms with E-state index in [1.807, 2.05) is 12.1 Å². The van der Waals surface area contributed by atoms with Crippen molar-refractivity contribution in [3.8, 4) is 0 Å². The summed E-state index contributed by atoms with van der Waals surface area (Å²) in [6, 6.07) is 7.35. The maximum absolute atomic E-state index is 13.9. The van der Waals surface area contributed by atoms with E-state index in [2.05, 4.69) is 39.2 Å². The van der Waals surface area contributed by atoms with Crippen LogP contribution in [0, 0.1) is 11.7 Å². The SMILES string of the molecule is CCc1nncn1CCNC(=NCCc1ccccc1F)NC1CCCCC1C. The van der Waals surface area contributed by atoms with Crippen LogP contribution in [0.3, 0.4) is 0 Å². The first-order valence-electron chi connectivity index (χ1n) is 10.8. The van der Waals surface area contributed by atoms with Gasteiger partial charge in [-0.05, 0) is 36.8 Å². The van der Waals surface area contributed by atoms with Gasteiger partial charge in [-0.1, -0.05) is 44.9 Å². The minimum Gasteiger partial charge on any atom is -0.355 e. The van der Waals surface area contributed by atoms with Gasteiger partial charge in [-0.3, -0.25) is 4.99 Å². The van der Waals surface area contributed by atoms with Crippen molar-refractivity contribution in [2.45, 2.75) is 65.0 Å². The van der Waals surface area contributed by atoms with Crippen LogP contribution < -0.4 is 10.6 Å². The number of nitrogens with one attached hydrogen (secondary N) is 2. The molecule has 1 aromatic heterocycles. The monoisotopic (exact) mass is 400 g/mol. The predicted octanol–water partition coefficient (Wildman–Crippen LogP) is 3.34. The number of hydrogen-bond donors (Lipinski definition) is 2. The molecular weight excluding hydrogens is 367 g/mol. The smallest absolute Gasteiger partial charge is 0.191 e. The fourth-order valence-corrected chi connectivity index (χ4v) is 3.88. The van der Waals surface area contributed by atoms with Crippen molar-refractivity contribution in [2.75, 3.05) is 13.1 Å². The molecule has 1 aromatic carbocycles. The quantitative estimate of drug-likeness (QED) is 0.527. The summed E-state index contributed by atoms with van der Waals surface area (Å²) >= 11 is 0. The zero-order valence-electron chi connectivity index (χ0n) is 17.6. The van der Waals surface area contributed by atoms with Crippen LogP contribution in [-0.4, -0.2) is 39.9 Å². The van der Waals surface area contributed by atoms with Gasteiger partial charge in [-0.25, -0.2) is 4.39 Å². The Hall–Kier alpha value is -2.44. The Labute approximate surface area is 173 Å². The van der Waals surface area contributed by atoms with Gasteiger partial charge < -0.3 is 15.2 Å². The Bertz CT molecular complexity index is 787. The molecule has 2 N–H and O–H groups in total. The number of guanidine groups is 1. The fraction of sp³-hybridized carbons (Fsp3) is 0.591. The molecule has 3 rings (SSSR count). The summed E-state index contributed by atoms with van der Waals surface area (Å²) in [5.41, 5.74) is 0.707. The van der Waals surface area contributed by atoms with Gasteiger partial charge in [0.25, 0.3) is 0 Å². The van der Waals surface area contributed by atoms with Crippen molar-refractivity contribution in [3.63, 3.8) is 0 Å². The van der Waals surface area contributed by atoms with E-state index < -0.39 is 0 Å². The molecule has 29 heavy (non-hydrogen) atoms. The third-order valence-corrected chi connectivity index (χ3v) is 5.70. The van der Waals surface area contributed by atoms with Gasteiger partial charge in [0.2, 0.25) is 0 Å². The van der Waals surface area contributed by atoms with E-state index in [-0.39, 0.29) is 5.82 Å². The summed E-state index contributed by atoms with van der Waals surface area (Å²) in [7, 11) is 0. The molecule has 158 valence electrons. The van der Waals surface area contributed by atoms with Gasteiger partial charge >= 0.3 is 0 Å². The van der Waals surface area contributed by atoms with Gasteiger partial charge in [-0.15, -0.1) is 10.2 Å². The minimum atomic E-state index is -0.161. The molecule has 0 spiro atoms. The standard InChI is InChI=1S/C22H33FN6/c1-3-21-28-26-16-29(21)15-14-25-22(27-20-11-7-4-8-17(20)2)24-13-12-18-9-5-6-10-19(18)23/h5-6,9-10,16-17,20H,3-4,7-8,11-15H2,1-2H3,(H2,24,25,27). The van der Waals surface area contributed by atoms with E-state index in [1.54, 1.807) is 12.4 Å². The Balaban J connectivity index is 1.59. The van der Waals surface area contributed by atoms with E-state index >= 15 is 0 Å². The Morgan fingerprint density at radius 2 is 2.10 bits per heavy atom. The van der Waals surface area contributed by atoms with Crippen LogP contribution in [0.25, 0.3) is 0 Å². The Kier molecular flexibility index (Phi) is 8.02. The highest BCUT2D eigenvalue weighted by Gasteiger charge is 2.22. The molecule has 1 saturated carbocycles. The van der Waals surface area contributed by atoms with Crippen molar-refractivity contribution in [1.29, 1.82) is 0 Å². The maximum atomic E-state index is 13.9. The molecule has 2 atom stereocenters. The molecule has 2 unspecified atom stereocenters. The zero-order valence-corrected chi connectivity index (χ0v) is 17.6. The second kappa shape index (κ2) is 10.9. The summed E-state index contributed by atoms with van der Waals surface area (Å²) in [4.78, 5) is 4.74. The molecule has 1 fully saturated rings. The lowest BCUT2D eigenvalue weighted by Crippen LogP contribution is -2.48. The van der Waals surface area contributed by atoms with E-state index in [9.17, 15) is 4.39 Å². The number of aliphatic imine (C=N–C) groups is 1. The van der Waals surface area contributed by atoms with Gasteiger partial charge in [0.15, 0.2) is 5.96 Å². The minimum absolute atomic E-state index is 0.161. The largest absolute Gasteiger partial charge is 0.355 e. The molecule has 6 nitrogen and oxygen atoms in total. The number of hydrogen-bond acceptors (Lipinski definition) is 3. The van der Waals surface area contributed by atoms with Crippen LogP contribution in [0.1, 0.15) is 50.9 Å². The van der Waals surface area contributed by atoms with E-state index in [1.165, 1.54) is 31.7 Å². The number of halogens is 1. The highest BCUT2D eigenvalue weighted by atomic mass is 19.1. The number of aryl methyl sites for hydroxylation is 1. The second-order valence-corrected chi connectivity index (χ2v) is 7.81. The molecule has 7 heteroatoms.